The molecular formula is C22H21Cl2N3O. The van der Waals surface area contributed by atoms with Crippen LogP contribution in [0.4, 0.5) is 0 Å². The van der Waals surface area contributed by atoms with Gasteiger partial charge in [0.25, 0.3) is 0 Å². The largest absolute Gasteiger partial charge is 0.316 e. The minimum absolute atomic E-state index is 0.116. The normalized spacial score (nSPS) is 11.1. The molecule has 1 N–H and O–H groups in total. The van der Waals surface area contributed by atoms with Crippen LogP contribution in [0.2, 0.25) is 10.0 Å². The van der Waals surface area contributed by atoms with Crippen molar-refractivity contribution in [2.24, 2.45) is 5.10 Å². The fourth-order valence-corrected chi connectivity index (χ4v) is 3.58. The topological polar surface area (TPSA) is 46.4 Å². The van der Waals surface area contributed by atoms with E-state index in [1.165, 1.54) is 0 Å². The van der Waals surface area contributed by atoms with Crippen LogP contribution in [0.3, 0.4) is 0 Å². The number of rotatable bonds is 6. The zero-order valence-electron chi connectivity index (χ0n) is 15.7. The van der Waals surface area contributed by atoms with Crippen molar-refractivity contribution >= 4 is 35.3 Å². The van der Waals surface area contributed by atoms with Crippen molar-refractivity contribution in [1.82, 2.24) is 9.99 Å². The first-order valence-electron chi connectivity index (χ1n) is 8.96. The second-order valence-electron chi connectivity index (χ2n) is 6.54. The van der Waals surface area contributed by atoms with Crippen molar-refractivity contribution < 1.29 is 4.79 Å². The summed E-state index contributed by atoms with van der Waals surface area (Å²) in [7, 11) is 0. The first-order valence-corrected chi connectivity index (χ1v) is 9.71. The van der Waals surface area contributed by atoms with Gasteiger partial charge >= 0.3 is 0 Å². The molecule has 0 bridgehead atoms. The van der Waals surface area contributed by atoms with Gasteiger partial charge in [-0.05, 0) is 50.1 Å². The standard InChI is InChI=1S/C22H21Cl2N3O/c1-15-12-18(16(2)27(15)21-10-9-19(23)13-20(21)24)14-25-26-22(28)11-8-17-6-4-3-5-7-17/h3-7,9-10,12-14H,8,11H2,1-2H3,(H,26,28)/b25-14-. The molecule has 0 saturated heterocycles. The lowest BCUT2D eigenvalue weighted by Crippen LogP contribution is -2.17. The van der Waals surface area contributed by atoms with Crippen molar-refractivity contribution in [2.45, 2.75) is 26.7 Å². The molecule has 0 unspecified atom stereocenters. The summed E-state index contributed by atoms with van der Waals surface area (Å²) in [5.41, 5.74) is 7.48. The van der Waals surface area contributed by atoms with Crippen LogP contribution in [-0.4, -0.2) is 16.7 Å². The average Bonchev–Trinajstić information content (AvgIpc) is 2.95. The predicted molar refractivity (Wildman–Crippen MR) is 116 cm³/mol. The lowest BCUT2D eigenvalue weighted by molar-refractivity contribution is -0.121. The maximum absolute atomic E-state index is 12.0. The number of halogens is 2. The molecule has 4 nitrogen and oxygen atoms in total. The molecule has 3 rings (SSSR count). The van der Waals surface area contributed by atoms with Crippen LogP contribution in [0.1, 0.15) is 28.9 Å². The maximum atomic E-state index is 12.0. The lowest BCUT2D eigenvalue weighted by atomic mass is 10.1. The van der Waals surface area contributed by atoms with Gasteiger partial charge in [-0.1, -0.05) is 53.5 Å². The molecule has 0 fully saturated rings. The second kappa shape index (κ2) is 9.09. The molecule has 0 aliphatic rings. The van der Waals surface area contributed by atoms with E-state index >= 15 is 0 Å². The summed E-state index contributed by atoms with van der Waals surface area (Å²) in [5.74, 6) is -0.116. The molecule has 0 spiro atoms. The summed E-state index contributed by atoms with van der Waals surface area (Å²) in [6.45, 7) is 3.98. The van der Waals surface area contributed by atoms with Gasteiger partial charge in [-0.2, -0.15) is 5.10 Å². The first-order chi connectivity index (χ1) is 13.5. The Morgan fingerprint density at radius 1 is 1.11 bits per heavy atom. The molecule has 0 saturated carbocycles. The second-order valence-corrected chi connectivity index (χ2v) is 7.38. The van der Waals surface area contributed by atoms with Gasteiger partial charge in [-0.15, -0.1) is 0 Å². The highest BCUT2D eigenvalue weighted by molar-refractivity contribution is 6.35. The van der Waals surface area contributed by atoms with E-state index in [-0.39, 0.29) is 5.91 Å². The summed E-state index contributed by atoms with van der Waals surface area (Å²) in [6.07, 6.45) is 2.73. The molecule has 0 aliphatic heterocycles. The van der Waals surface area contributed by atoms with Crippen LogP contribution in [0, 0.1) is 13.8 Å². The highest BCUT2D eigenvalue weighted by Gasteiger charge is 2.12. The van der Waals surface area contributed by atoms with E-state index in [9.17, 15) is 4.79 Å². The summed E-state index contributed by atoms with van der Waals surface area (Å²) >= 11 is 12.3. The Hall–Kier alpha value is -2.56. The van der Waals surface area contributed by atoms with E-state index in [1.807, 2.05) is 66.9 Å². The van der Waals surface area contributed by atoms with Gasteiger partial charge in [0, 0.05) is 28.4 Å². The molecule has 28 heavy (non-hydrogen) atoms. The number of hydrogen-bond donors (Lipinski definition) is 1. The number of aryl methyl sites for hydroxylation is 2. The fourth-order valence-electron chi connectivity index (χ4n) is 3.08. The molecule has 6 heteroatoms. The van der Waals surface area contributed by atoms with Gasteiger partial charge in [0.2, 0.25) is 5.91 Å². The molecule has 144 valence electrons. The number of hydrazone groups is 1. The van der Waals surface area contributed by atoms with Crippen LogP contribution in [0.15, 0.2) is 59.7 Å². The maximum Gasteiger partial charge on any atom is 0.240 e. The summed E-state index contributed by atoms with van der Waals surface area (Å²) in [4.78, 5) is 12.0. The molecule has 1 heterocycles. The summed E-state index contributed by atoms with van der Waals surface area (Å²) in [6, 6.07) is 17.3. The summed E-state index contributed by atoms with van der Waals surface area (Å²) < 4.78 is 2.04. The van der Waals surface area contributed by atoms with Gasteiger partial charge < -0.3 is 4.57 Å². The highest BCUT2D eigenvalue weighted by Crippen LogP contribution is 2.28. The minimum Gasteiger partial charge on any atom is -0.316 e. The monoisotopic (exact) mass is 413 g/mol. The van der Waals surface area contributed by atoms with Crippen LogP contribution in [-0.2, 0) is 11.2 Å². The van der Waals surface area contributed by atoms with Crippen molar-refractivity contribution in [1.29, 1.82) is 0 Å². The number of carbonyl (C=O) groups is 1. The third kappa shape index (κ3) is 4.83. The third-order valence-corrected chi connectivity index (χ3v) is 5.04. The number of nitrogens with one attached hydrogen (secondary N) is 1. The number of hydrogen-bond acceptors (Lipinski definition) is 2. The van der Waals surface area contributed by atoms with E-state index in [2.05, 4.69) is 10.5 Å². The van der Waals surface area contributed by atoms with E-state index < -0.39 is 0 Å². The SMILES string of the molecule is Cc1cc(/C=N\NC(=O)CCc2ccccc2)c(C)n1-c1ccc(Cl)cc1Cl. The van der Waals surface area contributed by atoms with E-state index in [0.717, 1.165) is 28.2 Å². The molecular weight excluding hydrogens is 393 g/mol. The Balaban J connectivity index is 1.67. The number of carbonyl (C=O) groups excluding carboxylic acids is 1. The first kappa shape index (κ1) is 20.2. The van der Waals surface area contributed by atoms with Crippen molar-refractivity contribution in [3.8, 4) is 5.69 Å². The molecule has 0 atom stereocenters. The van der Waals surface area contributed by atoms with Crippen molar-refractivity contribution in [3.63, 3.8) is 0 Å². The number of aromatic nitrogens is 1. The van der Waals surface area contributed by atoms with Gasteiger partial charge in [0.1, 0.15) is 0 Å². The van der Waals surface area contributed by atoms with Crippen LogP contribution >= 0.6 is 23.2 Å². The quantitative estimate of drug-likeness (QED) is 0.421. The van der Waals surface area contributed by atoms with Crippen LogP contribution in [0.5, 0.6) is 0 Å². The fraction of sp³-hybridized carbons (Fsp3) is 0.182. The van der Waals surface area contributed by atoms with E-state index in [1.54, 1.807) is 12.3 Å². The van der Waals surface area contributed by atoms with Gasteiger partial charge in [0.15, 0.2) is 0 Å². The smallest absolute Gasteiger partial charge is 0.240 e. The highest BCUT2D eigenvalue weighted by atomic mass is 35.5. The number of benzene rings is 2. The third-order valence-electron chi connectivity index (χ3n) is 4.50. The molecule has 0 radical (unpaired) electrons. The van der Waals surface area contributed by atoms with Gasteiger partial charge in [-0.25, -0.2) is 5.43 Å². The van der Waals surface area contributed by atoms with Crippen molar-refractivity contribution in [3.05, 3.63) is 87.2 Å². The molecule has 1 amide bonds. The lowest BCUT2D eigenvalue weighted by Gasteiger charge is -2.11. The Kier molecular flexibility index (Phi) is 6.55. The Bertz CT molecular complexity index is 1010. The Morgan fingerprint density at radius 3 is 2.57 bits per heavy atom. The zero-order chi connectivity index (χ0) is 20.1. The Morgan fingerprint density at radius 2 is 1.86 bits per heavy atom. The molecule has 1 aromatic heterocycles. The van der Waals surface area contributed by atoms with Crippen molar-refractivity contribution in [2.75, 3.05) is 0 Å². The number of nitrogens with zero attached hydrogens (tertiary/aromatic N) is 2. The molecule has 2 aromatic carbocycles. The number of amides is 1. The summed E-state index contributed by atoms with van der Waals surface area (Å²) in [5, 5.41) is 5.28. The van der Waals surface area contributed by atoms with Crippen LogP contribution < -0.4 is 5.43 Å². The van der Waals surface area contributed by atoms with Crippen LogP contribution in [0.25, 0.3) is 5.69 Å². The Labute approximate surface area is 174 Å². The van der Waals surface area contributed by atoms with Gasteiger partial charge in [-0.3, -0.25) is 4.79 Å². The molecule has 3 aromatic rings. The predicted octanol–water partition coefficient (Wildman–Crippen LogP) is 5.48. The van der Waals surface area contributed by atoms with E-state index in [0.29, 0.717) is 22.9 Å². The van der Waals surface area contributed by atoms with E-state index in [4.69, 9.17) is 23.2 Å². The average molecular weight is 414 g/mol. The van der Waals surface area contributed by atoms with Gasteiger partial charge in [0.05, 0.1) is 16.9 Å². The zero-order valence-corrected chi connectivity index (χ0v) is 17.3. The minimum atomic E-state index is -0.116. The molecule has 0 aliphatic carbocycles.